The number of hydrogen-bond acceptors (Lipinski definition) is 7. The second kappa shape index (κ2) is 14.0. The largest absolute Gasteiger partial charge is 0.463 e. The summed E-state index contributed by atoms with van der Waals surface area (Å²) in [6.07, 6.45) is 8.80. The predicted molar refractivity (Wildman–Crippen MR) is 183 cm³/mol. The van der Waals surface area contributed by atoms with Crippen LogP contribution in [0.1, 0.15) is 43.7 Å². The van der Waals surface area contributed by atoms with Gasteiger partial charge >= 0.3 is 5.97 Å². The molecular formula is C39H41N3O7. The third kappa shape index (κ3) is 6.15. The molecule has 0 bridgehead atoms. The maximum Gasteiger partial charge on any atom is 0.306 e. The van der Waals surface area contributed by atoms with E-state index in [4.69, 9.17) is 9.47 Å². The molecule has 3 aromatic rings. The Morgan fingerprint density at radius 1 is 0.878 bits per heavy atom. The second-order valence-electron chi connectivity index (χ2n) is 13.2. The van der Waals surface area contributed by atoms with E-state index >= 15 is 0 Å². The number of aliphatic hydroxyl groups excluding tert-OH is 1. The second-order valence-corrected chi connectivity index (χ2v) is 13.2. The summed E-state index contributed by atoms with van der Waals surface area (Å²) in [4.78, 5) is 59.8. The number of likely N-dealkylation sites (tertiary alicyclic amines) is 1. The molecule has 49 heavy (non-hydrogen) atoms. The van der Waals surface area contributed by atoms with E-state index in [0.717, 1.165) is 16.3 Å². The van der Waals surface area contributed by atoms with Gasteiger partial charge in [-0.15, -0.1) is 0 Å². The molecule has 0 radical (unpaired) electrons. The molecule has 2 N–H and O–H groups in total. The van der Waals surface area contributed by atoms with Crippen LogP contribution in [-0.4, -0.2) is 77.7 Å². The van der Waals surface area contributed by atoms with E-state index in [1.54, 1.807) is 22.0 Å². The van der Waals surface area contributed by atoms with Gasteiger partial charge in [-0.2, -0.15) is 0 Å². The van der Waals surface area contributed by atoms with Gasteiger partial charge in [0, 0.05) is 31.8 Å². The number of ether oxygens (including phenoxy) is 2. The van der Waals surface area contributed by atoms with Gasteiger partial charge in [0.2, 0.25) is 11.8 Å². The highest BCUT2D eigenvalue weighted by atomic mass is 16.5. The van der Waals surface area contributed by atoms with Gasteiger partial charge in [0.15, 0.2) is 0 Å². The summed E-state index contributed by atoms with van der Waals surface area (Å²) in [5, 5.41) is 14.5. The van der Waals surface area contributed by atoms with Crippen LogP contribution in [0.2, 0.25) is 0 Å². The molecule has 10 heteroatoms. The van der Waals surface area contributed by atoms with Crippen LogP contribution in [0.5, 0.6) is 0 Å². The topological polar surface area (TPSA) is 125 Å². The first kappa shape index (κ1) is 32.7. The summed E-state index contributed by atoms with van der Waals surface area (Å²) in [5.74, 6) is -3.28. The quantitative estimate of drug-likeness (QED) is 0.220. The third-order valence-corrected chi connectivity index (χ3v) is 10.2. The van der Waals surface area contributed by atoms with Crippen molar-refractivity contribution in [1.29, 1.82) is 0 Å². The van der Waals surface area contributed by atoms with Crippen LogP contribution >= 0.6 is 0 Å². The molecule has 2 fully saturated rings. The van der Waals surface area contributed by atoms with Gasteiger partial charge in [0.25, 0.3) is 5.91 Å². The highest BCUT2D eigenvalue weighted by Crippen LogP contribution is 2.53. The maximum atomic E-state index is 14.8. The standard InChI is InChI=1S/C39H41N3O7/c43-23-10-2-9-21-42-35-38(47)41(29-19-18-26-12-5-6-15-28(26)24-29)22-11-20-39(35)34(37(42)46)33-31(49-39)16-7-8-17-32(44)48-25-30(40-36(33)45)27-13-3-1-4-14-27/h1,3-7,11-16,18-20,24,30-31,33-35,43H,2,8-10,17,21-23,25H2,(H,40,45)/b16-7-/t30-,31+,33-,34-,35+,39-/m0/s1. The molecule has 4 aliphatic heterocycles. The fourth-order valence-corrected chi connectivity index (χ4v) is 7.82. The lowest BCUT2D eigenvalue weighted by Gasteiger charge is -2.35. The number of fused-ring (bicyclic) bond motifs is 3. The molecule has 0 saturated carbocycles. The van der Waals surface area contributed by atoms with Crippen molar-refractivity contribution in [3.63, 3.8) is 0 Å². The van der Waals surface area contributed by atoms with Gasteiger partial charge in [0.1, 0.15) is 18.2 Å². The molecule has 0 aromatic heterocycles. The Morgan fingerprint density at radius 3 is 2.49 bits per heavy atom. The molecule has 3 amide bonds. The third-order valence-electron chi connectivity index (χ3n) is 10.2. The monoisotopic (exact) mass is 663 g/mol. The lowest BCUT2D eigenvalue weighted by Crippen LogP contribution is -2.55. The number of cyclic esters (lactones) is 1. The number of hydrogen-bond donors (Lipinski definition) is 2. The molecule has 4 heterocycles. The van der Waals surface area contributed by atoms with Crippen molar-refractivity contribution >= 4 is 40.2 Å². The van der Waals surface area contributed by atoms with Gasteiger partial charge in [0.05, 0.1) is 24.0 Å². The van der Waals surface area contributed by atoms with Gasteiger partial charge in [-0.3, -0.25) is 19.2 Å². The minimum Gasteiger partial charge on any atom is -0.463 e. The van der Waals surface area contributed by atoms with Crippen LogP contribution in [0.15, 0.2) is 97.1 Å². The zero-order valence-electron chi connectivity index (χ0n) is 27.3. The van der Waals surface area contributed by atoms with E-state index in [2.05, 4.69) is 5.32 Å². The number of carbonyl (C=O) groups excluding carboxylic acids is 4. The van der Waals surface area contributed by atoms with Crippen LogP contribution < -0.4 is 10.2 Å². The first-order chi connectivity index (χ1) is 23.9. The Bertz CT molecular complexity index is 1790. The molecule has 0 unspecified atom stereocenters. The van der Waals surface area contributed by atoms with Crippen molar-refractivity contribution < 1.29 is 33.8 Å². The number of amides is 3. The number of esters is 1. The number of rotatable bonds is 7. The molecule has 7 rings (SSSR count). The van der Waals surface area contributed by atoms with Crippen LogP contribution in [-0.2, 0) is 28.7 Å². The lowest BCUT2D eigenvalue weighted by atomic mass is 9.77. The minimum atomic E-state index is -1.40. The lowest BCUT2D eigenvalue weighted by molar-refractivity contribution is -0.146. The summed E-state index contributed by atoms with van der Waals surface area (Å²) in [5.41, 5.74) is 0.0693. The number of unbranched alkanes of at least 4 members (excludes halogenated alkanes) is 2. The van der Waals surface area contributed by atoms with E-state index in [-0.39, 0.29) is 50.5 Å². The Hall–Kier alpha value is -4.80. The molecule has 1 spiro atoms. The van der Waals surface area contributed by atoms with Crippen LogP contribution in [0, 0.1) is 11.8 Å². The van der Waals surface area contributed by atoms with Crippen molar-refractivity contribution in [1.82, 2.24) is 10.2 Å². The molecule has 10 nitrogen and oxygen atoms in total. The fraction of sp³-hybridized carbons (Fsp3) is 0.385. The van der Waals surface area contributed by atoms with Gasteiger partial charge < -0.3 is 29.7 Å². The molecule has 254 valence electrons. The normalized spacial score (nSPS) is 29.3. The highest BCUT2D eigenvalue weighted by molar-refractivity contribution is 6.06. The Morgan fingerprint density at radius 2 is 1.67 bits per heavy atom. The number of aliphatic hydroxyl groups is 1. The number of nitrogens with one attached hydrogen (secondary N) is 1. The van der Waals surface area contributed by atoms with Crippen molar-refractivity contribution in [3.8, 4) is 0 Å². The predicted octanol–water partition coefficient (Wildman–Crippen LogP) is 4.24. The van der Waals surface area contributed by atoms with Crippen molar-refractivity contribution in [3.05, 3.63) is 103 Å². The van der Waals surface area contributed by atoms with Gasteiger partial charge in [-0.25, -0.2) is 0 Å². The number of carbonyl (C=O) groups is 4. The fourth-order valence-electron chi connectivity index (χ4n) is 7.82. The first-order valence-corrected chi connectivity index (χ1v) is 17.2. The molecule has 2 saturated heterocycles. The average Bonchev–Trinajstić information content (AvgIpc) is 3.50. The summed E-state index contributed by atoms with van der Waals surface area (Å²) in [6.45, 7) is 0.538. The summed E-state index contributed by atoms with van der Waals surface area (Å²) >= 11 is 0. The molecular weight excluding hydrogens is 622 g/mol. The van der Waals surface area contributed by atoms with Gasteiger partial charge in [-0.1, -0.05) is 85.0 Å². The minimum absolute atomic E-state index is 0.0403. The summed E-state index contributed by atoms with van der Waals surface area (Å²) in [6, 6.07) is 21.4. The number of allylic oxidation sites excluding steroid dienone is 1. The molecule has 3 aromatic carbocycles. The number of benzene rings is 3. The van der Waals surface area contributed by atoms with E-state index in [1.165, 1.54) is 0 Å². The highest BCUT2D eigenvalue weighted by Gasteiger charge is 2.71. The first-order valence-electron chi connectivity index (χ1n) is 17.2. The van der Waals surface area contributed by atoms with E-state index in [9.17, 15) is 24.3 Å². The molecule has 0 aliphatic carbocycles. The Labute approximate surface area is 285 Å². The zero-order chi connectivity index (χ0) is 34.0. The summed E-state index contributed by atoms with van der Waals surface area (Å²) in [7, 11) is 0. The maximum absolute atomic E-state index is 14.8. The molecule has 4 aliphatic rings. The average molecular weight is 664 g/mol. The smallest absolute Gasteiger partial charge is 0.306 e. The summed E-state index contributed by atoms with van der Waals surface area (Å²) < 4.78 is 12.4. The zero-order valence-corrected chi connectivity index (χ0v) is 27.3. The Balaban J connectivity index is 1.28. The molecule has 6 atom stereocenters. The SMILES string of the molecule is O=C1CC/C=C\[C@H]2O[C@]34C=CCN(c5ccc6ccccc6c5)C(=O)[C@H]3N(CCCCCO)C(=O)[C@@H]4[C@H]2C(=O)N[C@H](c2ccccc2)CO1. The number of nitrogens with zero attached hydrogens (tertiary/aromatic N) is 2. The van der Waals surface area contributed by atoms with Crippen molar-refractivity contribution in [2.75, 3.05) is 31.2 Å². The van der Waals surface area contributed by atoms with Crippen LogP contribution in [0.4, 0.5) is 5.69 Å². The van der Waals surface area contributed by atoms with E-state index in [0.29, 0.717) is 31.4 Å². The van der Waals surface area contributed by atoms with Gasteiger partial charge in [-0.05, 0) is 54.2 Å². The number of anilines is 1. The van der Waals surface area contributed by atoms with E-state index in [1.807, 2.05) is 84.9 Å². The van der Waals surface area contributed by atoms with Crippen LogP contribution in [0.3, 0.4) is 0 Å². The van der Waals surface area contributed by atoms with E-state index < -0.39 is 41.5 Å². The van der Waals surface area contributed by atoms with Crippen molar-refractivity contribution in [2.45, 2.75) is 55.9 Å². The van der Waals surface area contributed by atoms with Crippen molar-refractivity contribution in [2.24, 2.45) is 11.8 Å². The van der Waals surface area contributed by atoms with Crippen LogP contribution in [0.25, 0.3) is 10.8 Å². The Kier molecular flexibility index (Phi) is 9.33.